The summed E-state index contributed by atoms with van der Waals surface area (Å²) >= 11 is 0. The fraction of sp³-hybridized carbons (Fsp3) is 0.681. The number of hydrogen-bond acceptors (Lipinski definition) is 6. The summed E-state index contributed by atoms with van der Waals surface area (Å²) in [5.74, 6) is -0.347. The average Bonchev–Trinajstić information content (AvgIpc) is 3.15. The van der Waals surface area contributed by atoms with Gasteiger partial charge in [-0.05, 0) is 89.9 Å². The van der Waals surface area contributed by atoms with Crippen molar-refractivity contribution in [3.63, 3.8) is 0 Å². The first-order valence-electron chi connectivity index (χ1n) is 21.8. The molecule has 8 nitrogen and oxygen atoms in total. The molecule has 0 aliphatic rings. The summed E-state index contributed by atoms with van der Waals surface area (Å²) in [6.45, 7) is 5.33. The molecule has 0 rings (SSSR count). The maximum Gasteiger partial charge on any atom is 0.472 e. The van der Waals surface area contributed by atoms with Gasteiger partial charge in [0.05, 0.1) is 34.4 Å². The lowest BCUT2D eigenvalue weighted by Crippen LogP contribution is -2.37. The van der Waals surface area contributed by atoms with Gasteiger partial charge < -0.3 is 18.9 Å². The van der Waals surface area contributed by atoms with Crippen LogP contribution in [-0.2, 0) is 27.9 Å². The third kappa shape index (κ3) is 42.8. The highest BCUT2D eigenvalue weighted by molar-refractivity contribution is 7.47. The molecule has 0 bridgehead atoms. The lowest BCUT2D eigenvalue weighted by Gasteiger charge is -2.24. The SMILES string of the molecule is CC/C=C\C/C=C\C/C=C\C/C=C\C/C=C\CCCCOCC(COP(=O)(O)OCC[N+](C)(C)C)OC(=O)CCCCCCC/C=C\C/C=C\CCCCCC. The highest BCUT2D eigenvalue weighted by Crippen LogP contribution is 2.43. The predicted molar refractivity (Wildman–Crippen MR) is 238 cm³/mol. The molecule has 2 unspecified atom stereocenters. The number of allylic oxidation sites excluding steroid dienone is 14. The molecule has 0 aromatic rings. The second-order valence-corrected chi connectivity index (χ2v) is 16.8. The van der Waals surface area contributed by atoms with Gasteiger partial charge in [-0.3, -0.25) is 13.8 Å². The summed E-state index contributed by atoms with van der Waals surface area (Å²) in [6.07, 6.45) is 51.9. The molecule has 0 aliphatic heterocycles. The lowest BCUT2D eigenvalue weighted by molar-refractivity contribution is -0.870. The molecule has 1 N–H and O–H groups in total. The molecule has 322 valence electrons. The number of ether oxygens (including phenoxy) is 2. The molecule has 0 aliphatic carbocycles. The van der Waals surface area contributed by atoms with E-state index in [4.69, 9.17) is 18.5 Å². The molecule has 0 heterocycles. The number of phosphoric ester groups is 1. The van der Waals surface area contributed by atoms with E-state index >= 15 is 0 Å². The number of rotatable bonds is 39. The maximum absolute atomic E-state index is 12.7. The number of esters is 1. The first-order chi connectivity index (χ1) is 27.1. The van der Waals surface area contributed by atoms with Crippen molar-refractivity contribution < 1.29 is 37.3 Å². The normalized spacial score (nSPS) is 14.6. The Hall–Kier alpha value is -2.32. The van der Waals surface area contributed by atoms with Gasteiger partial charge in [-0.25, -0.2) is 4.57 Å². The Morgan fingerprint density at radius 1 is 0.571 bits per heavy atom. The van der Waals surface area contributed by atoms with Crippen LogP contribution in [0.15, 0.2) is 85.1 Å². The minimum absolute atomic E-state index is 0.0724. The van der Waals surface area contributed by atoms with Gasteiger partial charge in [-0.1, -0.05) is 137 Å². The summed E-state index contributed by atoms with van der Waals surface area (Å²) < 4.78 is 34.9. The largest absolute Gasteiger partial charge is 0.472 e. The Balaban J connectivity index is 4.38. The summed E-state index contributed by atoms with van der Waals surface area (Å²) in [6, 6.07) is 0. The first kappa shape index (κ1) is 53.7. The zero-order valence-corrected chi connectivity index (χ0v) is 37.2. The second-order valence-electron chi connectivity index (χ2n) is 15.3. The molecular weight excluding hydrogens is 721 g/mol. The van der Waals surface area contributed by atoms with Crippen molar-refractivity contribution in [3.8, 4) is 0 Å². The van der Waals surface area contributed by atoms with Crippen LogP contribution in [0.1, 0.15) is 149 Å². The van der Waals surface area contributed by atoms with E-state index in [0.717, 1.165) is 96.3 Å². The van der Waals surface area contributed by atoms with Gasteiger partial charge in [0.15, 0.2) is 0 Å². The number of quaternary nitrogens is 1. The van der Waals surface area contributed by atoms with E-state index in [9.17, 15) is 14.3 Å². The fourth-order valence-electron chi connectivity index (χ4n) is 5.31. The number of hydrogen-bond donors (Lipinski definition) is 1. The highest BCUT2D eigenvalue weighted by Gasteiger charge is 2.26. The van der Waals surface area contributed by atoms with Crippen LogP contribution >= 0.6 is 7.82 Å². The Bertz CT molecular complexity index is 1170. The summed E-state index contributed by atoms with van der Waals surface area (Å²) in [5.41, 5.74) is 0. The van der Waals surface area contributed by atoms with Crippen LogP contribution in [0.25, 0.3) is 0 Å². The van der Waals surface area contributed by atoms with Crippen LogP contribution in [0.2, 0.25) is 0 Å². The summed E-state index contributed by atoms with van der Waals surface area (Å²) in [4.78, 5) is 22.9. The number of likely N-dealkylation sites (N-methyl/N-ethyl adjacent to an activating group) is 1. The molecule has 0 spiro atoms. The van der Waals surface area contributed by atoms with Crippen molar-refractivity contribution in [1.82, 2.24) is 0 Å². The third-order valence-corrected chi connectivity index (χ3v) is 9.67. The number of phosphoric acid groups is 1. The molecule has 0 aromatic carbocycles. The Kier molecular flexibility index (Phi) is 37.9. The van der Waals surface area contributed by atoms with Crippen LogP contribution in [0, 0.1) is 0 Å². The van der Waals surface area contributed by atoms with Crippen molar-refractivity contribution in [3.05, 3.63) is 85.1 Å². The van der Waals surface area contributed by atoms with Crippen molar-refractivity contribution in [2.45, 2.75) is 155 Å². The zero-order valence-electron chi connectivity index (χ0n) is 36.3. The van der Waals surface area contributed by atoms with Crippen LogP contribution < -0.4 is 0 Å². The number of nitrogens with zero attached hydrogens (tertiary/aromatic N) is 1. The molecule has 56 heavy (non-hydrogen) atoms. The van der Waals surface area contributed by atoms with E-state index in [0.29, 0.717) is 24.1 Å². The average molecular weight is 805 g/mol. The summed E-state index contributed by atoms with van der Waals surface area (Å²) in [5, 5.41) is 0. The Morgan fingerprint density at radius 2 is 1.04 bits per heavy atom. The molecule has 0 fully saturated rings. The quantitative estimate of drug-likeness (QED) is 0.0217. The molecule has 0 radical (unpaired) electrons. The van der Waals surface area contributed by atoms with Crippen LogP contribution in [-0.4, -0.2) is 75.6 Å². The Morgan fingerprint density at radius 3 is 1.55 bits per heavy atom. The van der Waals surface area contributed by atoms with Crippen molar-refractivity contribution in [1.29, 1.82) is 0 Å². The topological polar surface area (TPSA) is 91.3 Å². The molecule has 0 saturated carbocycles. The van der Waals surface area contributed by atoms with E-state index < -0.39 is 13.9 Å². The number of unbranched alkanes of at least 4 members (excludes halogenated alkanes) is 11. The molecule has 2 atom stereocenters. The number of carbonyl (C=O) groups is 1. The number of carbonyl (C=O) groups excluding carboxylic acids is 1. The fourth-order valence-corrected chi connectivity index (χ4v) is 6.05. The van der Waals surface area contributed by atoms with Gasteiger partial charge in [-0.2, -0.15) is 0 Å². The van der Waals surface area contributed by atoms with Crippen LogP contribution in [0.3, 0.4) is 0 Å². The van der Waals surface area contributed by atoms with Gasteiger partial charge in [0, 0.05) is 13.0 Å². The van der Waals surface area contributed by atoms with Gasteiger partial charge in [0.2, 0.25) is 0 Å². The lowest BCUT2D eigenvalue weighted by atomic mass is 10.1. The third-order valence-electron chi connectivity index (χ3n) is 8.69. The molecule has 0 amide bonds. The first-order valence-corrected chi connectivity index (χ1v) is 23.3. The molecule has 9 heteroatoms. The van der Waals surface area contributed by atoms with Crippen molar-refractivity contribution in [2.24, 2.45) is 0 Å². The zero-order chi connectivity index (χ0) is 41.3. The molecule has 0 saturated heterocycles. The standard InChI is InChI=1S/C47H82NO7P/c1-6-8-10-12-14-16-18-20-22-24-25-27-29-31-33-35-37-39-42-52-44-46(45-54-56(50,51)53-43-41-48(3,4)5)55-47(49)40-38-36-34-32-30-28-26-23-21-19-17-15-13-11-9-7-2/h8,10,14,16-17,19-20,22-23,25-27,31,33,46H,6-7,9,11-13,15,18,21,24,28-30,32,34-45H2,1-5H3/p+1/b10-8-,16-14-,19-17-,22-20-,26-23-,27-25-,33-31-. The second kappa shape index (κ2) is 39.5. The summed E-state index contributed by atoms with van der Waals surface area (Å²) in [7, 11) is 1.61. The predicted octanol–water partition coefficient (Wildman–Crippen LogP) is 12.9. The molecular formula is C47H83NO7P+. The maximum atomic E-state index is 12.7. The van der Waals surface area contributed by atoms with Gasteiger partial charge in [0.25, 0.3) is 0 Å². The molecule has 0 aromatic heterocycles. The van der Waals surface area contributed by atoms with Crippen LogP contribution in [0.5, 0.6) is 0 Å². The minimum atomic E-state index is -4.30. The van der Waals surface area contributed by atoms with Crippen LogP contribution in [0.4, 0.5) is 0 Å². The van der Waals surface area contributed by atoms with E-state index in [1.165, 1.54) is 32.1 Å². The highest BCUT2D eigenvalue weighted by atomic mass is 31.2. The van der Waals surface area contributed by atoms with Gasteiger partial charge in [-0.15, -0.1) is 0 Å². The van der Waals surface area contributed by atoms with E-state index in [1.807, 2.05) is 21.1 Å². The van der Waals surface area contributed by atoms with Crippen molar-refractivity contribution >= 4 is 13.8 Å². The smallest absolute Gasteiger partial charge is 0.457 e. The van der Waals surface area contributed by atoms with Gasteiger partial charge in [0.1, 0.15) is 19.3 Å². The Labute approximate surface area is 344 Å². The van der Waals surface area contributed by atoms with E-state index in [1.54, 1.807) is 0 Å². The van der Waals surface area contributed by atoms with Gasteiger partial charge >= 0.3 is 13.8 Å². The van der Waals surface area contributed by atoms with E-state index in [2.05, 4.69) is 98.9 Å². The van der Waals surface area contributed by atoms with Crippen molar-refractivity contribution in [2.75, 3.05) is 54.1 Å². The minimum Gasteiger partial charge on any atom is -0.457 e. The van der Waals surface area contributed by atoms with E-state index in [-0.39, 0.29) is 25.8 Å². The monoisotopic (exact) mass is 805 g/mol.